The summed E-state index contributed by atoms with van der Waals surface area (Å²) in [5.41, 5.74) is 1.59. The van der Waals surface area contributed by atoms with Gasteiger partial charge in [0.1, 0.15) is 0 Å². The minimum atomic E-state index is -0.348. The van der Waals surface area contributed by atoms with Crippen molar-refractivity contribution in [3.63, 3.8) is 0 Å². The molecule has 5 heteroatoms. The normalized spacial score (nSPS) is 23.2. The Morgan fingerprint density at radius 2 is 2.00 bits per heavy atom. The zero-order valence-corrected chi connectivity index (χ0v) is 12.2. The molecule has 2 rings (SSSR count). The van der Waals surface area contributed by atoms with Crippen LogP contribution in [0.4, 0.5) is 5.69 Å². The van der Waals surface area contributed by atoms with Crippen molar-refractivity contribution >= 4 is 11.9 Å². The van der Waals surface area contributed by atoms with Gasteiger partial charge in [0, 0.05) is 29.3 Å². The van der Waals surface area contributed by atoms with Crippen molar-refractivity contribution in [1.29, 1.82) is 0 Å². The number of benzene rings is 1. The summed E-state index contributed by atoms with van der Waals surface area (Å²) in [6.45, 7) is 6.09. The lowest BCUT2D eigenvalue weighted by atomic mass is 10.00. The van der Waals surface area contributed by atoms with E-state index in [9.17, 15) is 10.1 Å². The summed E-state index contributed by atoms with van der Waals surface area (Å²) in [6, 6.07) is 6.07. The molecule has 20 heavy (non-hydrogen) atoms. The molecule has 0 aliphatic carbocycles. The van der Waals surface area contributed by atoms with E-state index in [0.29, 0.717) is 17.6 Å². The molecule has 0 amide bonds. The number of hydrogen-bond acceptors (Lipinski definition) is 4. The van der Waals surface area contributed by atoms with Gasteiger partial charge in [-0.1, -0.05) is 12.1 Å². The highest BCUT2D eigenvalue weighted by Crippen LogP contribution is 2.23. The molecule has 2 atom stereocenters. The maximum absolute atomic E-state index is 10.9. The van der Waals surface area contributed by atoms with Crippen LogP contribution in [0.1, 0.15) is 44.2 Å². The standard InChI is InChI=1S/C15H21N3O2/c1-11-7-8-14(9-15(11)18(19)20)10-16-17-12(2)5-4-6-13(17)3/h7-10,12-13H,4-6H2,1-3H3/b16-10-/t12-,13-/m1/s1. The minimum Gasteiger partial charge on any atom is -0.292 e. The molecule has 0 N–H and O–H groups in total. The maximum atomic E-state index is 10.9. The second-order valence-corrected chi connectivity index (χ2v) is 5.56. The first-order chi connectivity index (χ1) is 9.49. The molecule has 1 aromatic rings. The number of nitro groups is 1. The van der Waals surface area contributed by atoms with Crippen LogP contribution in [-0.2, 0) is 0 Å². The van der Waals surface area contributed by atoms with Gasteiger partial charge in [-0.15, -0.1) is 0 Å². The van der Waals surface area contributed by atoms with Crippen molar-refractivity contribution in [1.82, 2.24) is 5.01 Å². The first kappa shape index (κ1) is 14.5. The molecule has 1 heterocycles. The maximum Gasteiger partial charge on any atom is 0.272 e. The lowest BCUT2D eigenvalue weighted by Gasteiger charge is -2.36. The summed E-state index contributed by atoms with van der Waals surface area (Å²) in [5.74, 6) is 0. The third kappa shape index (κ3) is 3.15. The Morgan fingerprint density at radius 1 is 1.35 bits per heavy atom. The molecular weight excluding hydrogens is 254 g/mol. The monoisotopic (exact) mass is 275 g/mol. The van der Waals surface area contributed by atoms with Crippen LogP contribution in [0, 0.1) is 17.0 Å². The highest BCUT2D eigenvalue weighted by Gasteiger charge is 2.22. The van der Waals surface area contributed by atoms with Crippen LogP contribution in [-0.4, -0.2) is 28.2 Å². The smallest absolute Gasteiger partial charge is 0.272 e. The zero-order chi connectivity index (χ0) is 14.7. The van der Waals surface area contributed by atoms with Gasteiger partial charge < -0.3 is 0 Å². The number of piperidine rings is 1. The predicted octanol–water partition coefficient (Wildman–Crippen LogP) is 3.50. The molecular formula is C15H21N3O2. The van der Waals surface area contributed by atoms with E-state index in [1.54, 1.807) is 25.3 Å². The van der Waals surface area contributed by atoms with Crippen molar-refractivity contribution in [3.05, 3.63) is 39.4 Å². The Balaban J connectivity index is 2.18. The molecule has 0 radical (unpaired) electrons. The summed E-state index contributed by atoms with van der Waals surface area (Å²) < 4.78 is 0. The summed E-state index contributed by atoms with van der Waals surface area (Å²) in [7, 11) is 0. The Hall–Kier alpha value is -1.91. The molecule has 1 aromatic carbocycles. The van der Waals surface area contributed by atoms with E-state index in [4.69, 9.17) is 0 Å². The van der Waals surface area contributed by atoms with Crippen LogP contribution in [0.3, 0.4) is 0 Å². The number of hydrogen-bond donors (Lipinski definition) is 0. The van der Waals surface area contributed by atoms with Gasteiger partial charge in [0.25, 0.3) is 5.69 Å². The fourth-order valence-electron chi connectivity index (χ4n) is 2.67. The first-order valence-electron chi connectivity index (χ1n) is 7.06. The van der Waals surface area contributed by atoms with Crippen molar-refractivity contribution in [2.45, 2.75) is 52.1 Å². The Kier molecular flexibility index (Phi) is 4.37. The third-order valence-corrected chi connectivity index (χ3v) is 3.92. The van der Waals surface area contributed by atoms with Crippen LogP contribution in [0.25, 0.3) is 0 Å². The third-order valence-electron chi connectivity index (χ3n) is 3.92. The number of nitrogens with zero attached hydrogens (tertiary/aromatic N) is 3. The van der Waals surface area contributed by atoms with Gasteiger partial charge in [0.15, 0.2) is 0 Å². The van der Waals surface area contributed by atoms with E-state index >= 15 is 0 Å². The Labute approximate surface area is 119 Å². The van der Waals surface area contributed by atoms with Crippen LogP contribution in [0.2, 0.25) is 0 Å². The summed E-state index contributed by atoms with van der Waals surface area (Å²) in [4.78, 5) is 10.6. The first-order valence-corrected chi connectivity index (χ1v) is 7.06. The summed E-state index contributed by atoms with van der Waals surface area (Å²) in [5, 5.41) is 17.6. The van der Waals surface area contributed by atoms with E-state index in [1.807, 2.05) is 6.07 Å². The number of nitro benzene ring substituents is 1. The van der Waals surface area contributed by atoms with E-state index in [-0.39, 0.29) is 10.6 Å². The van der Waals surface area contributed by atoms with Gasteiger partial charge in [0.05, 0.1) is 11.1 Å². The van der Waals surface area contributed by atoms with Crippen LogP contribution in [0.5, 0.6) is 0 Å². The summed E-state index contributed by atoms with van der Waals surface area (Å²) >= 11 is 0. The lowest BCUT2D eigenvalue weighted by molar-refractivity contribution is -0.385. The molecule has 0 spiro atoms. The van der Waals surface area contributed by atoms with E-state index in [0.717, 1.165) is 18.4 Å². The average Bonchev–Trinajstić information content (AvgIpc) is 2.39. The number of aryl methyl sites for hydroxylation is 1. The largest absolute Gasteiger partial charge is 0.292 e. The fourth-order valence-corrected chi connectivity index (χ4v) is 2.67. The quantitative estimate of drug-likeness (QED) is 0.482. The van der Waals surface area contributed by atoms with Crippen LogP contribution < -0.4 is 0 Å². The average molecular weight is 275 g/mol. The molecule has 1 aliphatic rings. The second kappa shape index (κ2) is 6.03. The van der Waals surface area contributed by atoms with Gasteiger partial charge in [0.2, 0.25) is 0 Å². The molecule has 0 bridgehead atoms. The molecule has 1 fully saturated rings. The fraction of sp³-hybridized carbons (Fsp3) is 0.533. The molecule has 1 aliphatic heterocycles. The highest BCUT2D eigenvalue weighted by atomic mass is 16.6. The Bertz CT molecular complexity index is 518. The van der Waals surface area contributed by atoms with Crippen LogP contribution >= 0.6 is 0 Å². The topological polar surface area (TPSA) is 58.7 Å². The molecule has 0 aromatic heterocycles. The second-order valence-electron chi connectivity index (χ2n) is 5.56. The van der Waals surface area contributed by atoms with Crippen molar-refractivity contribution < 1.29 is 4.92 Å². The van der Waals surface area contributed by atoms with Crippen molar-refractivity contribution in [2.24, 2.45) is 5.10 Å². The zero-order valence-electron chi connectivity index (χ0n) is 12.2. The van der Waals surface area contributed by atoms with E-state index < -0.39 is 0 Å². The summed E-state index contributed by atoms with van der Waals surface area (Å²) in [6.07, 6.45) is 5.26. The molecule has 108 valence electrons. The van der Waals surface area contributed by atoms with Crippen LogP contribution in [0.15, 0.2) is 23.3 Å². The molecule has 0 unspecified atom stereocenters. The van der Waals surface area contributed by atoms with Crippen molar-refractivity contribution in [2.75, 3.05) is 0 Å². The predicted molar refractivity (Wildman–Crippen MR) is 80.0 cm³/mol. The van der Waals surface area contributed by atoms with Gasteiger partial charge >= 0.3 is 0 Å². The van der Waals surface area contributed by atoms with Gasteiger partial charge in [-0.3, -0.25) is 15.1 Å². The van der Waals surface area contributed by atoms with E-state index in [1.165, 1.54) is 6.42 Å². The van der Waals surface area contributed by atoms with Crippen molar-refractivity contribution in [3.8, 4) is 0 Å². The van der Waals surface area contributed by atoms with Gasteiger partial charge in [-0.05, 0) is 40.0 Å². The lowest BCUT2D eigenvalue weighted by Crippen LogP contribution is -2.39. The molecule has 5 nitrogen and oxygen atoms in total. The van der Waals surface area contributed by atoms with E-state index in [2.05, 4.69) is 24.0 Å². The number of hydrazone groups is 1. The van der Waals surface area contributed by atoms with Gasteiger partial charge in [-0.25, -0.2) is 0 Å². The Morgan fingerprint density at radius 3 is 2.60 bits per heavy atom. The minimum absolute atomic E-state index is 0.147. The van der Waals surface area contributed by atoms with Gasteiger partial charge in [-0.2, -0.15) is 5.10 Å². The highest BCUT2D eigenvalue weighted by molar-refractivity contribution is 5.80. The number of rotatable bonds is 3. The molecule has 1 saturated heterocycles. The SMILES string of the molecule is Cc1ccc(/C=N\N2[C@H](C)CCC[C@H]2C)cc1[N+](=O)[O-]. The molecule has 0 saturated carbocycles.